The summed E-state index contributed by atoms with van der Waals surface area (Å²) < 4.78 is 4.98. The van der Waals surface area contributed by atoms with Crippen molar-refractivity contribution >= 4 is 29.3 Å². The van der Waals surface area contributed by atoms with Crippen LogP contribution in [0.5, 0.6) is 5.75 Å². The van der Waals surface area contributed by atoms with Crippen LogP contribution in [0.15, 0.2) is 18.2 Å². The zero-order valence-corrected chi connectivity index (χ0v) is 11.0. The monoisotopic (exact) mass is 280 g/mol. The number of nitrogens with zero attached hydrogens (tertiary/aromatic N) is 1. The van der Waals surface area contributed by atoms with Gasteiger partial charge in [0, 0.05) is 6.07 Å². The second-order valence-electron chi connectivity index (χ2n) is 3.42. The third-order valence-electron chi connectivity index (χ3n) is 2.13. The fraction of sp³-hybridized carbons (Fsp3) is 0.250. The van der Waals surface area contributed by atoms with Crippen molar-refractivity contribution < 1.29 is 19.4 Å². The van der Waals surface area contributed by atoms with Crippen molar-refractivity contribution in [2.75, 3.05) is 23.9 Å². The summed E-state index contributed by atoms with van der Waals surface area (Å²) in [4.78, 5) is 22.6. The van der Waals surface area contributed by atoms with E-state index < -0.39 is 5.97 Å². The summed E-state index contributed by atoms with van der Waals surface area (Å²) >= 11 is 1.15. The van der Waals surface area contributed by atoms with Gasteiger partial charge in [0.05, 0.1) is 35.9 Å². The van der Waals surface area contributed by atoms with E-state index in [9.17, 15) is 9.59 Å². The lowest BCUT2D eigenvalue weighted by Gasteiger charge is -2.09. The summed E-state index contributed by atoms with van der Waals surface area (Å²) in [5.41, 5.74) is 0.161. The van der Waals surface area contributed by atoms with Gasteiger partial charge in [-0.25, -0.2) is 4.79 Å². The molecule has 1 rings (SSSR count). The number of aromatic carboxylic acids is 1. The first-order valence-corrected chi connectivity index (χ1v) is 6.40. The third-order valence-corrected chi connectivity index (χ3v) is 2.93. The maximum absolute atomic E-state index is 11.6. The van der Waals surface area contributed by atoms with Crippen LogP contribution in [0.2, 0.25) is 0 Å². The number of ether oxygens (including phenoxy) is 1. The Kier molecular flexibility index (Phi) is 5.70. The Hall–Kier alpha value is -2.20. The molecule has 2 N–H and O–H groups in total. The van der Waals surface area contributed by atoms with E-state index in [0.29, 0.717) is 5.75 Å². The zero-order valence-electron chi connectivity index (χ0n) is 10.2. The Bertz CT molecular complexity index is 525. The van der Waals surface area contributed by atoms with E-state index in [1.54, 1.807) is 0 Å². The predicted molar refractivity (Wildman–Crippen MR) is 71.5 cm³/mol. The Balaban J connectivity index is 2.83. The highest BCUT2D eigenvalue weighted by Crippen LogP contribution is 2.22. The van der Waals surface area contributed by atoms with E-state index in [1.807, 2.05) is 6.07 Å². The van der Waals surface area contributed by atoms with Gasteiger partial charge in [-0.1, -0.05) is 0 Å². The lowest BCUT2D eigenvalue weighted by molar-refractivity contribution is -0.113. The van der Waals surface area contributed by atoms with Gasteiger partial charge in [0.2, 0.25) is 5.91 Å². The van der Waals surface area contributed by atoms with Gasteiger partial charge < -0.3 is 15.2 Å². The zero-order chi connectivity index (χ0) is 14.3. The van der Waals surface area contributed by atoms with Gasteiger partial charge >= 0.3 is 5.97 Å². The molecule has 0 aliphatic heterocycles. The molecule has 0 aliphatic carbocycles. The van der Waals surface area contributed by atoms with Crippen LogP contribution in [0.4, 0.5) is 5.69 Å². The van der Waals surface area contributed by atoms with Crippen LogP contribution in [0.1, 0.15) is 10.4 Å². The fourth-order valence-electron chi connectivity index (χ4n) is 1.32. The minimum Gasteiger partial charge on any atom is -0.497 e. The van der Waals surface area contributed by atoms with Gasteiger partial charge in [-0.15, -0.1) is 11.8 Å². The molecule has 100 valence electrons. The molecule has 6 nitrogen and oxygen atoms in total. The van der Waals surface area contributed by atoms with Gasteiger partial charge in [0.1, 0.15) is 5.75 Å². The molecule has 0 heterocycles. The highest BCUT2D eigenvalue weighted by Gasteiger charge is 2.13. The van der Waals surface area contributed by atoms with Crippen LogP contribution in [-0.4, -0.2) is 35.6 Å². The van der Waals surface area contributed by atoms with Crippen molar-refractivity contribution in [2.24, 2.45) is 0 Å². The number of benzene rings is 1. The van der Waals surface area contributed by atoms with E-state index in [4.69, 9.17) is 15.1 Å². The number of carbonyl (C=O) groups is 2. The number of nitrogens with one attached hydrogen (secondary N) is 1. The van der Waals surface area contributed by atoms with E-state index in [0.717, 1.165) is 11.8 Å². The third kappa shape index (κ3) is 4.52. The highest BCUT2D eigenvalue weighted by atomic mass is 32.2. The number of rotatable bonds is 6. The van der Waals surface area contributed by atoms with Gasteiger partial charge in [0.25, 0.3) is 0 Å². The summed E-state index contributed by atoms with van der Waals surface area (Å²) in [6.07, 6.45) is 0. The number of amides is 1. The highest BCUT2D eigenvalue weighted by molar-refractivity contribution is 8.00. The molecule has 0 saturated carbocycles. The summed E-state index contributed by atoms with van der Waals surface area (Å²) in [5.74, 6) is -0.759. The van der Waals surface area contributed by atoms with Crippen molar-refractivity contribution in [2.45, 2.75) is 0 Å². The molecule has 0 fully saturated rings. The number of methoxy groups -OCH3 is 1. The number of carboxylic acids is 1. The minimum absolute atomic E-state index is 0.0144. The van der Waals surface area contributed by atoms with Crippen LogP contribution >= 0.6 is 11.8 Å². The predicted octanol–water partition coefficient (Wildman–Crippen LogP) is 1.59. The van der Waals surface area contributed by atoms with Crippen LogP contribution in [0.3, 0.4) is 0 Å². The van der Waals surface area contributed by atoms with Gasteiger partial charge in [-0.3, -0.25) is 4.79 Å². The first-order chi connectivity index (χ1) is 9.08. The molecule has 0 spiro atoms. The summed E-state index contributed by atoms with van der Waals surface area (Å²) in [6.45, 7) is 0. The summed E-state index contributed by atoms with van der Waals surface area (Å²) in [6, 6.07) is 6.21. The van der Waals surface area contributed by atoms with Crippen molar-refractivity contribution in [3.05, 3.63) is 23.8 Å². The van der Waals surface area contributed by atoms with Gasteiger partial charge in [-0.05, 0) is 12.1 Å². The largest absolute Gasteiger partial charge is 0.497 e. The number of nitriles is 1. The van der Waals surface area contributed by atoms with Crippen molar-refractivity contribution in [1.29, 1.82) is 5.26 Å². The Labute approximate surface area is 114 Å². The van der Waals surface area contributed by atoms with Crippen LogP contribution < -0.4 is 10.1 Å². The molecule has 0 unspecified atom stereocenters. The number of hydrogen-bond acceptors (Lipinski definition) is 5. The second-order valence-corrected chi connectivity index (χ2v) is 4.40. The molecule has 0 aromatic heterocycles. The average molecular weight is 280 g/mol. The molecule has 0 bridgehead atoms. The smallest absolute Gasteiger partial charge is 0.337 e. The fourth-order valence-corrected chi connectivity index (χ4v) is 1.77. The molecule has 0 atom stereocenters. The standard InChI is InChI=1S/C12H12N2O4S/c1-18-8-2-3-9(12(16)17)10(6-8)14-11(15)7-19-5-4-13/h2-3,6H,5,7H2,1H3,(H,14,15)(H,16,17). The number of carboxylic acid groups (broad SMARTS) is 1. The van der Waals surface area contributed by atoms with E-state index >= 15 is 0 Å². The Morgan fingerprint density at radius 3 is 2.84 bits per heavy atom. The van der Waals surface area contributed by atoms with E-state index in [-0.39, 0.29) is 28.7 Å². The SMILES string of the molecule is COc1ccc(C(=O)O)c(NC(=O)CSCC#N)c1. The second kappa shape index (κ2) is 7.28. The topological polar surface area (TPSA) is 99.4 Å². The van der Waals surface area contributed by atoms with Crippen molar-refractivity contribution in [3.8, 4) is 11.8 Å². The molecule has 19 heavy (non-hydrogen) atoms. The molecule has 0 saturated heterocycles. The molecular weight excluding hydrogens is 268 g/mol. The molecule has 1 aromatic carbocycles. The quantitative estimate of drug-likeness (QED) is 0.768. The lowest BCUT2D eigenvalue weighted by atomic mass is 10.1. The molecule has 0 radical (unpaired) electrons. The molecule has 1 aromatic rings. The molecular formula is C12H12N2O4S. The number of carbonyl (C=O) groups excluding carboxylic acids is 1. The molecule has 0 aliphatic rings. The Morgan fingerprint density at radius 2 is 2.26 bits per heavy atom. The lowest BCUT2D eigenvalue weighted by Crippen LogP contribution is -2.16. The van der Waals surface area contributed by atoms with Gasteiger partial charge in [-0.2, -0.15) is 5.26 Å². The van der Waals surface area contributed by atoms with Crippen LogP contribution in [-0.2, 0) is 4.79 Å². The molecule has 1 amide bonds. The van der Waals surface area contributed by atoms with Crippen molar-refractivity contribution in [1.82, 2.24) is 0 Å². The number of anilines is 1. The normalized spacial score (nSPS) is 9.47. The average Bonchev–Trinajstić information content (AvgIpc) is 2.38. The van der Waals surface area contributed by atoms with E-state index in [1.165, 1.54) is 25.3 Å². The summed E-state index contributed by atoms with van der Waals surface area (Å²) in [7, 11) is 1.45. The van der Waals surface area contributed by atoms with Gasteiger partial charge in [0.15, 0.2) is 0 Å². The van der Waals surface area contributed by atoms with Crippen LogP contribution in [0.25, 0.3) is 0 Å². The van der Waals surface area contributed by atoms with Crippen LogP contribution in [0, 0.1) is 11.3 Å². The minimum atomic E-state index is -1.14. The van der Waals surface area contributed by atoms with E-state index in [2.05, 4.69) is 5.32 Å². The molecule has 7 heteroatoms. The Morgan fingerprint density at radius 1 is 1.53 bits per heavy atom. The first kappa shape index (κ1) is 14.9. The maximum atomic E-state index is 11.6. The van der Waals surface area contributed by atoms with Crippen molar-refractivity contribution in [3.63, 3.8) is 0 Å². The number of thioether (sulfide) groups is 1. The first-order valence-electron chi connectivity index (χ1n) is 5.24. The maximum Gasteiger partial charge on any atom is 0.337 e. The summed E-state index contributed by atoms with van der Waals surface area (Å²) in [5, 5.41) is 19.9. The number of hydrogen-bond donors (Lipinski definition) is 2.